The van der Waals surface area contributed by atoms with E-state index in [1.807, 2.05) is 60.7 Å². The van der Waals surface area contributed by atoms with Gasteiger partial charge in [0.15, 0.2) is 12.2 Å². The van der Waals surface area contributed by atoms with Crippen LogP contribution in [0.5, 0.6) is 11.5 Å². The molecule has 0 aliphatic heterocycles. The van der Waals surface area contributed by atoms with Gasteiger partial charge < -0.3 is 18.9 Å². The average Bonchev–Trinajstić information content (AvgIpc) is 2.84. The third-order valence-corrected chi connectivity index (χ3v) is 5.71. The summed E-state index contributed by atoms with van der Waals surface area (Å²) in [5.41, 5.74) is 1.80. The van der Waals surface area contributed by atoms with Crippen LogP contribution in [0, 0.1) is 3.57 Å². The second-order valence-corrected chi connectivity index (χ2v) is 8.35. The maximum atomic E-state index is 12.3. The molecule has 3 aromatic carbocycles. The van der Waals surface area contributed by atoms with E-state index in [4.69, 9.17) is 18.9 Å². The van der Waals surface area contributed by atoms with Gasteiger partial charge in [0.1, 0.15) is 24.7 Å². The smallest absolute Gasteiger partial charge is 0.347 e. The summed E-state index contributed by atoms with van der Waals surface area (Å²) < 4.78 is 22.9. The predicted octanol–water partition coefficient (Wildman–Crippen LogP) is 5.31. The molecule has 0 amide bonds. The number of benzene rings is 3. The summed E-state index contributed by atoms with van der Waals surface area (Å²) in [6.07, 6.45) is -1.63. The predicted molar refractivity (Wildman–Crippen MR) is 132 cm³/mol. The summed E-state index contributed by atoms with van der Waals surface area (Å²) in [5.74, 6) is -0.0260. The highest BCUT2D eigenvalue weighted by atomic mass is 127. The van der Waals surface area contributed by atoms with E-state index in [-0.39, 0.29) is 13.2 Å². The third-order valence-electron chi connectivity index (χ3n) is 4.65. The standard InChI is InChI=1S/C26H25IO6/c1-18(25(28)30-16-20-10-5-3-6-11-20)32-22-14-9-15-23(24(22)27)33-19(2)26(29)31-17-21-12-7-4-8-13-21/h3-15,18-19H,16-17H2,1-2H3/t18-,19-/m1/s1. The van der Waals surface area contributed by atoms with Gasteiger partial charge >= 0.3 is 11.9 Å². The van der Waals surface area contributed by atoms with Crippen molar-refractivity contribution in [2.24, 2.45) is 0 Å². The van der Waals surface area contributed by atoms with Gasteiger partial charge in [0.2, 0.25) is 0 Å². The Balaban J connectivity index is 1.54. The van der Waals surface area contributed by atoms with Crippen LogP contribution in [-0.2, 0) is 32.3 Å². The molecule has 7 heteroatoms. The van der Waals surface area contributed by atoms with Crippen molar-refractivity contribution in [3.8, 4) is 11.5 Å². The van der Waals surface area contributed by atoms with Crippen LogP contribution in [0.25, 0.3) is 0 Å². The van der Waals surface area contributed by atoms with E-state index in [1.165, 1.54) is 0 Å². The van der Waals surface area contributed by atoms with Gasteiger partial charge in [0.05, 0.1) is 3.57 Å². The molecule has 0 N–H and O–H groups in total. The Morgan fingerprint density at radius 3 is 1.45 bits per heavy atom. The van der Waals surface area contributed by atoms with E-state index >= 15 is 0 Å². The second kappa shape index (κ2) is 12.2. The van der Waals surface area contributed by atoms with Crippen molar-refractivity contribution in [3.63, 3.8) is 0 Å². The first-order chi connectivity index (χ1) is 15.9. The fraction of sp³-hybridized carbons (Fsp3) is 0.231. The molecule has 3 aromatic rings. The lowest BCUT2D eigenvalue weighted by atomic mass is 10.2. The van der Waals surface area contributed by atoms with Crippen molar-refractivity contribution in [2.75, 3.05) is 0 Å². The summed E-state index contributed by atoms with van der Waals surface area (Å²) in [6, 6.07) is 24.1. The Hall–Kier alpha value is -3.07. The van der Waals surface area contributed by atoms with Gasteiger partial charge in [-0.25, -0.2) is 9.59 Å². The number of carbonyl (C=O) groups excluding carboxylic acids is 2. The van der Waals surface area contributed by atoms with E-state index in [1.54, 1.807) is 32.0 Å². The van der Waals surface area contributed by atoms with Gasteiger partial charge in [0, 0.05) is 0 Å². The molecule has 0 aliphatic rings. The molecule has 0 fully saturated rings. The van der Waals surface area contributed by atoms with Crippen molar-refractivity contribution in [3.05, 3.63) is 93.6 Å². The highest BCUT2D eigenvalue weighted by Gasteiger charge is 2.22. The molecule has 0 aromatic heterocycles. The minimum absolute atomic E-state index is 0.177. The lowest BCUT2D eigenvalue weighted by Crippen LogP contribution is -2.27. The molecule has 0 aliphatic carbocycles. The molecule has 172 valence electrons. The highest BCUT2D eigenvalue weighted by molar-refractivity contribution is 14.1. The number of hydrogen-bond donors (Lipinski definition) is 0. The van der Waals surface area contributed by atoms with Crippen molar-refractivity contribution in [2.45, 2.75) is 39.3 Å². The number of halogens is 1. The summed E-state index contributed by atoms with van der Waals surface area (Å²) in [4.78, 5) is 24.7. The lowest BCUT2D eigenvalue weighted by molar-refractivity contribution is -0.153. The molecule has 0 bridgehead atoms. The number of hydrogen-bond acceptors (Lipinski definition) is 6. The molecule has 0 saturated heterocycles. The SMILES string of the molecule is C[C@@H](Oc1cccc(O[C@H](C)C(=O)OCc2ccccc2)c1I)C(=O)OCc1ccccc1. The summed E-state index contributed by atoms with van der Waals surface area (Å²) in [6.45, 7) is 3.60. The number of rotatable bonds is 10. The molecule has 6 nitrogen and oxygen atoms in total. The van der Waals surface area contributed by atoms with Gasteiger partial charge in [-0.2, -0.15) is 0 Å². The van der Waals surface area contributed by atoms with Crippen LogP contribution in [-0.4, -0.2) is 24.1 Å². The van der Waals surface area contributed by atoms with E-state index in [0.29, 0.717) is 15.1 Å². The second-order valence-electron chi connectivity index (χ2n) is 7.28. The fourth-order valence-corrected chi connectivity index (χ4v) is 3.46. The topological polar surface area (TPSA) is 71.1 Å². The van der Waals surface area contributed by atoms with Crippen LogP contribution in [0.3, 0.4) is 0 Å². The molecule has 0 saturated carbocycles. The van der Waals surface area contributed by atoms with E-state index in [9.17, 15) is 9.59 Å². The summed E-state index contributed by atoms with van der Waals surface area (Å²) >= 11 is 2.06. The van der Waals surface area contributed by atoms with Gasteiger partial charge in [-0.3, -0.25) is 0 Å². The van der Waals surface area contributed by atoms with Crippen LogP contribution in [0.1, 0.15) is 25.0 Å². The van der Waals surface area contributed by atoms with Crippen LogP contribution in [0.2, 0.25) is 0 Å². The molecular formula is C26H25IO6. The quantitative estimate of drug-likeness (QED) is 0.247. The zero-order chi connectivity index (χ0) is 23.6. The zero-order valence-corrected chi connectivity index (χ0v) is 20.6. The third kappa shape index (κ3) is 7.49. The van der Waals surface area contributed by atoms with E-state index in [0.717, 1.165) is 11.1 Å². The van der Waals surface area contributed by atoms with Crippen LogP contribution < -0.4 is 9.47 Å². The molecule has 33 heavy (non-hydrogen) atoms. The molecule has 0 unspecified atom stereocenters. The Morgan fingerprint density at radius 2 is 1.06 bits per heavy atom. The number of carbonyl (C=O) groups is 2. The monoisotopic (exact) mass is 560 g/mol. The zero-order valence-electron chi connectivity index (χ0n) is 18.4. The minimum atomic E-state index is -0.814. The van der Waals surface area contributed by atoms with Crippen molar-refractivity contribution < 1.29 is 28.5 Å². The van der Waals surface area contributed by atoms with Crippen LogP contribution >= 0.6 is 22.6 Å². The summed E-state index contributed by atoms with van der Waals surface area (Å²) in [7, 11) is 0. The van der Waals surface area contributed by atoms with Gasteiger partial charge in [-0.15, -0.1) is 0 Å². The fourth-order valence-electron chi connectivity index (χ4n) is 2.84. The number of ether oxygens (including phenoxy) is 4. The Labute approximate surface area is 207 Å². The van der Waals surface area contributed by atoms with E-state index in [2.05, 4.69) is 22.6 Å². The molecular weight excluding hydrogens is 535 g/mol. The molecule has 0 heterocycles. The Morgan fingerprint density at radius 1 is 0.667 bits per heavy atom. The van der Waals surface area contributed by atoms with E-state index < -0.39 is 24.1 Å². The largest absolute Gasteiger partial charge is 0.478 e. The first kappa shape index (κ1) is 24.6. The normalized spacial score (nSPS) is 12.3. The minimum Gasteiger partial charge on any atom is -0.478 e. The highest BCUT2D eigenvalue weighted by Crippen LogP contribution is 2.31. The summed E-state index contributed by atoms with van der Waals surface area (Å²) in [5, 5.41) is 0. The lowest BCUT2D eigenvalue weighted by Gasteiger charge is -2.18. The van der Waals surface area contributed by atoms with Gasteiger partial charge in [-0.05, 0) is 59.7 Å². The van der Waals surface area contributed by atoms with Crippen molar-refractivity contribution in [1.29, 1.82) is 0 Å². The average molecular weight is 560 g/mol. The van der Waals surface area contributed by atoms with Crippen molar-refractivity contribution in [1.82, 2.24) is 0 Å². The van der Waals surface area contributed by atoms with Gasteiger partial charge in [0.25, 0.3) is 0 Å². The van der Waals surface area contributed by atoms with Crippen LogP contribution in [0.15, 0.2) is 78.9 Å². The molecule has 0 radical (unpaired) electrons. The Kier molecular flexibility index (Phi) is 9.12. The Bertz CT molecular complexity index is 973. The molecule has 0 spiro atoms. The molecule has 3 rings (SSSR count). The maximum Gasteiger partial charge on any atom is 0.347 e. The first-order valence-electron chi connectivity index (χ1n) is 10.5. The maximum absolute atomic E-state index is 12.3. The first-order valence-corrected chi connectivity index (χ1v) is 11.5. The number of esters is 2. The van der Waals surface area contributed by atoms with Gasteiger partial charge in [-0.1, -0.05) is 66.7 Å². The molecule has 2 atom stereocenters. The van der Waals surface area contributed by atoms with Crippen molar-refractivity contribution >= 4 is 34.5 Å². The van der Waals surface area contributed by atoms with Crippen LogP contribution in [0.4, 0.5) is 0 Å².